The van der Waals surface area contributed by atoms with Crippen LogP contribution in [0.3, 0.4) is 0 Å². The topological polar surface area (TPSA) is 49.3 Å². The van der Waals surface area contributed by atoms with Crippen molar-refractivity contribution in [2.45, 2.75) is 44.1 Å². The van der Waals surface area contributed by atoms with E-state index >= 15 is 0 Å². The van der Waals surface area contributed by atoms with Crippen molar-refractivity contribution in [2.75, 3.05) is 6.61 Å². The Morgan fingerprint density at radius 1 is 1.24 bits per heavy atom. The number of aliphatic hydroxyl groups is 1. The molecule has 4 heteroatoms. The number of carbonyl (C=O) groups is 1. The number of aliphatic hydroxyl groups excluding tert-OH is 1. The van der Waals surface area contributed by atoms with Crippen LogP contribution in [-0.4, -0.2) is 23.7 Å². The van der Waals surface area contributed by atoms with Crippen LogP contribution in [0.1, 0.15) is 43.6 Å². The molecule has 21 heavy (non-hydrogen) atoms. The molecule has 0 heterocycles. The third-order valence-corrected chi connectivity index (χ3v) is 5.15. The number of hydrogen-bond acceptors (Lipinski definition) is 2. The highest BCUT2D eigenvalue weighted by Crippen LogP contribution is 2.47. The second kappa shape index (κ2) is 6.37. The van der Waals surface area contributed by atoms with Crippen LogP contribution in [0.25, 0.3) is 0 Å². The largest absolute Gasteiger partial charge is 0.396 e. The standard InChI is InChI=1S/C17H22ClNO2/c18-13-7-5-11(6-8-13)14-9-15(14)17(21)19-16-4-2-1-3-12(16)10-20/h5-8,12,14-16,20H,1-4,9-10H2,(H,19,21). The molecule has 4 atom stereocenters. The van der Waals surface area contributed by atoms with Gasteiger partial charge in [-0.15, -0.1) is 0 Å². The van der Waals surface area contributed by atoms with Crippen LogP contribution in [0, 0.1) is 11.8 Å². The summed E-state index contributed by atoms with van der Waals surface area (Å²) in [4.78, 5) is 12.4. The lowest BCUT2D eigenvalue weighted by Gasteiger charge is -2.31. The summed E-state index contributed by atoms with van der Waals surface area (Å²) >= 11 is 5.89. The molecule has 3 rings (SSSR count). The van der Waals surface area contributed by atoms with Gasteiger partial charge in [-0.1, -0.05) is 36.6 Å². The molecule has 2 fully saturated rings. The van der Waals surface area contributed by atoms with Crippen LogP contribution >= 0.6 is 11.6 Å². The lowest BCUT2D eigenvalue weighted by atomic mass is 9.85. The van der Waals surface area contributed by atoms with Crippen LogP contribution in [0.5, 0.6) is 0 Å². The maximum Gasteiger partial charge on any atom is 0.223 e. The number of amides is 1. The fourth-order valence-corrected chi connectivity index (χ4v) is 3.60. The Bertz CT molecular complexity index is 502. The Kier molecular flexibility index (Phi) is 4.51. The summed E-state index contributed by atoms with van der Waals surface area (Å²) in [5, 5.41) is 13.3. The van der Waals surface area contributed by atoms with Crippen LogP contribution in [-0.2, 0) is 4.79 Å². The zero-order valence-electron chi connectivity index (χ0n) is 12.1. The van der Waals surface area contributed by atoms with E-state index in [0.29, 0.717) is 5.92 Å². The fourth-order valence-electron chi connectivity index (χ4n) is 3.47. The first-order chi connectivity index (χ1) is 10.2. The fraction of sp³-hybridized carbons (Fsp3) is 0.588. The van der Waals surface area contributed by atoms with Gasteiger partial charge in [-0.2, -0.15) is 0 Å². The Labute approximate surface area is 130 Å². The monoisotopic (exact) mass is 307 g/mol. The predicted octanol–water partition coefficient (Wildman–Crippen LogP) is 3.11. The lowest BCUT2D eigenvalue weighted by Crippen LogP contribution is -2.44. The molecule has 2 aliphatic carbocycles. The average Bonchev–Trinajstić information content (AvgIpc) is 3.29. The van der Waals surface area contributed by atoms with Gasteiger partial charge in [0.2, 0.25) is 5.91 Å². The van der Waals surface area contributed by atoms with Crippen molar-refractivity contribution in [1.29, 1.82) is 0 Å². The van der Waals surface area contributed by atoms with E-state index in [4.69, 9.17) is 11.6 Å². The lowest BCUT2D eigenvalue weighted by molar-refractivity contribution is -0.123. The first kappa shape index (κ1) is 14.9. The summed E-state index contributed by atoms with van der Waals surface area (Å²) in [6.45, 7) is 0.177. The molecule has 0 radical (unpaired) electrons. The van der Waals surface area contributed by atoms with Crippen molar-refractivity contribution < 1.29 is 9.90 Å². The van der Waals surface area contributed by atoms with Crippen molar-refractivity contribution in [2.24, 2.45) is 11.8 Å². The van der Waals surface area contributed by atoms with E-state index in [0.717, 1.165) is 37.1 Å². The average molecular weight is 308 g/mol. The first-order valence-corrected chi connectivity index (χ1v) is 8.23. The van der Waals surface area contributed by atoms with Crippen molar-refractivity contribution in [1.82, 2.24) is 5.32 Å². The zero-order valence-corrected chi connectivity index (χ0v) is 12.9. The summed E-state index contributed by atoms with van der Waals surface area (Å²) in [6.07, 6.45) is 5.24. The first-order valence-electron chi connectivity index (χ1n) is 7.85. The smallest absolute Gasteiger partial charge is 0.223 e. The molecule has 3 nitrogen and oxygen atoms in total. The summed E-state index contributed by atoms with van der Waals surface area (Å²) < 4.78 is 0. The number of hydrogen-bond donors (Lipinski definition) is 2. The minimum absolute atomic E-state index is 0.0902. The Hall–Kier alpha value is -1.06. The van der Waals surface area contributed by atoms with Gasteiger partial charge in [0.05, 0.1) is 0 Å². The quantitative estimate of drug-likeness (QED) is 0.898. The molecular weight excluding hydrogens is 286 g/mol. The molecule has 0 aliphatic heterocycles. The Morgan fingerprint density at radius 3 is 2.67 bits per heavy atom. The van der Waals surface area contributed by atoms with E-state index in [2.05, 4.69) is 5.32 Å². The van der Waals surface area contributed by atoms with Crippen molar-refractivity contribution in [3.8, 4) is 0 Å². The molecule has 2 saturated carbocycles. The highest BCUT2D eigenvalue weighted by Gasteiger charge is 2.44. The second-order valence-corrected chi connectivity index (χ2v) is 6.78. The molecule has 4 unspecified atom stereocenters. The molecule has 0 spiro atoms. The van der Waals surface area contributed by atoms with Gasteiger partial charge in [0.25, 0.3) is 0 Å². The molecule has 1 aromatic carbocycles. The van der Waals surface area contributed by atoms with Crippen LogP contribution in [0.15, 0.2) is 24.3 Å². The number of carbonyl (C=O) groups excluding carboxylic acids is 1. The minimum Gasteiger partial charge on any atom is -0.396 e. The van der Waals surface area contributed by atoms with Crippen molar-refractivity contribution in [3.63, 3.8) is 0 Å². The van der Waals surface area contributed by atoms with E-state index in [1.165, 1.54) is 5.56 Å². The van der Waals surface area contributed by atoms with Crippen molar-refractivity contribution in [3.05, 3.63) is 34.9 Å². The molecule has 0 bridgehead atoms. The highest BCUT2D eigenvalue weighted by molar-refractivity contribution is 6.30. The summed E-state index contributed by atoms with van der Waals surface area (Å²) in [6, 6.07) is 7.94. The van der Waals surface area contributed by atoms with E-state index in [1.54, 1.807) is 0 Å². The number of halogens is 1. The van der Waals surface area contributed by atoms with Gasteiger partial charge in [0.15, 0.2) is 0 Å². The van der Waals surface area contributed by atoms with Gasteiger partial charge < -0.3 is 10.4 Å². The molecule has 114 valence electrons. The number of nitrogens with one attached hydrogen (secondary N) is 1. The normalized spacial score (nSPS) is 31.7. The molecule has 2 N–H and O–H groups in total. The molecule has 0 saturated heterocycles. The number of rotatable bonds is 4. The van der Waals surface area contributed by atoms with Crippen LogP contribution < -0.4 is 5.32 Å². The Balaban J connectivity index is 1.56. The summed E-state index contributed by atoms with van der Waals surface area (Å²) in [7, 11) is 0. The number of benzene rings is 1. The molecule has 2 aliphatic rings. The maximum atomic E-state index is 12.4. The maximum absolute atomic E-state index is 12.4. The van der Waals surface area contributed by atoms with E-state index in [9.17, 15) is 9.90 Å². The Morgan fingerprint density at radius 2 is 1.95 bits per heavy atom. The molecule has 0 aromatic heterocycles. The van der Waals surface area contributed by atoms with E-state index in [-0.39, 0.29) is 30.4 Å². The highest BCUT2D eigenvalue weighted by atomic mass is 35.5. The van der Waals surface area contributed by atoms with Crippen LogP contribution in [0.2, 0.25) is 5.02 Å². The van der Waals surface area contributed by atoms with Crippen LogP contribution in [0.4, 0.5) is 0 Å². The third-order valence-electron chi connectivity index (χ3n) is 4.90. The third kappa shape index (κ3) is 3.41. The van der Waals surface area contributed by atoms with Gasteiger partial charge in [-0.05, 0) is 42.9 Å². The van der Waals surface area contributed by atoms with Gasteiger partial charge in [-0.25, -0.2) is 0 Å². The van der Waals surface area contributed by atoms with E-state index < -0.39 is 0 Å². The molecular formula is C17H22ClNO2. The predicted molar refractivity (Wildman–Crippen MR) is 83.3 cm³/mol. The van der Waals surface area contributed by atoms with Gasteiger partial charge >= 0.3 is 0 Å². The minimum atomic E-state index is 0.0902. The van der Waals surface area contributed by atoms with Gasteiger partial charge in [0.1, 0.15) is 0 Å². The molecule has 1 amide bonds. The van der Waals surface area contributed by atoms with Crippen molar-refractivity contribution >= 4 is 17.5 Å². The van der Waals surface area contributed by atoms with Gasteiger partial charge in [0, 0.05) is 29.5 Å². The molecule has 1 aromatic rings. The van der Waals surface area contributed by atoms with Gasteiger partial charge in [-0.3, -0.25) is 4.79 Å². The summed E-state index contributed by atoms with van der Waals surface area (Å²) in [5.41, 5.74) is 1.20. The second-order valence-electron chi connectivity index (χ2n) is 6.34. The SMILES string of the molecule is O=C(NC1CCCCC1CO)C1CC1c1ccc(Cl)cc1. The summed E-state index contributed by atoms with van der Waals surface area (Å²) in [5.74, 6) is 0.807. The van der Waals surface area contributed by atoms with E-state index in [1.807, 2.05) is 24.3 Å². The zero-order chi connectivity index (χ0) is 14.8.